The molecule has 0 bridgehead atoms. The van der Waals surface area contributed by atoms with Crippen LogP contribution in [-0.4, -0.2) is 63.6 Å². The number of benzene rings is 1. The molecule has 1 fully saturated rings. The number of rotatable bonds is 5. The number of esters is 1. The summed E-state index contributed by atoms with van der Waals surface area (Å²) in [7, 11) is 0. The molecule has 1 aromatic carbocycles. The van der Waals surface area contributed by atoms with Crippen molar-refractivity contribution in [1.82, 2.24) is 9.80 Å². The first-order valence-corrected chi connectivity index (χ1v) is 9.32. The summed E-state index contributed by atoms with van der Waals surface area (Å²) in [6.45, 7) is 2.65. The van der Waals surface area contributed by atoms with Gasteiger partial charge in [-0.1, -0.05) is 6.07 Å². The Morgan fingerprint density at radius 3 is 2.45 bits per heavy atom. The Morgan fingerprint density at radius 2 is 1.83 bits per heavy atom. The lowest BCUT2D eigenvalue weighted by molar-refractivity contribution is -0.385. The number of nitrogens with zero attached hydrogens (tertiary/aromatic N) is 3. The summed E-state index contributed by atoms with van der Waals surface area (Å²) in [5.74, 6) is -3.02. The number of carbonyl (C=O) groups excluding carboxylic acids is 4. The van der Waals surface area contributed by atoms with Crippen molar-refractivity contribution >= 4 is 29.4 Å². The molecule has 2 aliphatic rings. The number of carbonyl (C=O) groups is 4. The molecule has 0 spiro atoms. The van der Waals surface area contributed by atoms with E-state index in [1.54, 1.807) is 4.90 Å². The Kier molecular flexibility index (Phi) is 5.62. The molecule has 0 unspecified atom stereocenters. The van der Waals surface area contributed by atoms with Gasteiger partial charge in [-0.3, -0.25) is 34.2 Å². The highest BCUT2D eigenvalue weighted by atomic mass is 16.6. The van der Waals surface area contributed by atoms with Crippen LogP contribution in [0.25, 0.3) is 0 Å². The largest absolute Gasteiger partial charge is 0.454 e. The lowest BCUT2D eigenvalue weighted by Gasteiger charge is -2.38. The number of imide groups is 1. The van der Waals surface area contributed by atoms with Crippen molar-refractivity contribution in [3.05, 3.63) is 39.4 Å². The molecule has 1 aromatic rings. The maximum atomic E-state index is 12.5. The number of nitro benzene ring substituents is 1. The molecule has 10 heteroatoms. The molecule has 0 radical (unpaired) electrons. The van der Waals surface area contributed by atoms with Crippen LogP contribution >= 0.6 is 0 Å². The summed E-state index contributed by atoms with van der Waals surface area (Å²) in [5.41, 5.74) is -0.980. The lowest BCUT2D eigenvalue weighted by atomic mass is 9.97. The first kappa shape index (κ1) is 20.4. The van der Waals surface area contributed by atoms with Gasteiger partial charge in [0.15, 0.2) is 6.61 Å². The molecule has 2 aliphatic heterocycles. The Balaban J connectivity index is 1.63. The molecular formula is C19H21N3O7. The second-order valence-electron chi connectivity index (χ2n) is 7.24. The molecule has 2 heterocycles. The quantitative estimate of drug-likeness (QED) is 0.316. The molecule has 2 atom stereocenters. The fraction of sp³-hybridized carbons (Fsp3) is 0.474. The van der Waals surface area contributed by atoms with Gasteiger partial charge in [0.1, 0.15) is 12.1 Å². The molecule has 29 heavy (non-hydrogen) atoms. The van der Waals surface area contributed by atoms with Crippen molar-refractivity contribution in [2.75, 3.05) is 13.2 Å². The molecule has 0 N–H and O–H groups in total. The lowest BCUT2D eigenvalue weighted by Crippen LogP contribution is -2.49. The Morgan fingerprint density at radius 1 is 1.17 bits per heavy atom. The number of hydrogen-bond donors (Lipinski definition) is 0. The average molecular weight is 403 g/mol. The van der Waals surface area contributed by atoms with E-state index in [1.807, 2.05) is 13.8 Å². The van der Waals surface area contributed by atoms with Crippen LogP contribution in [0.2, 0.25) is 0 Å². The molecule has 154 valence electrons. The zero-order valence-corrected chi connectivity index (χ0v) is 16.1. The second-order valence-corrected chi connectivity index (χ2v) is 7.24. The Bertz CT molecular complexity index is 888. The van der Waals surface area contributed by atoms with Crippen molar-refractivity contribution in [3.8, 4) is 0 Å². The highest BCUT2D eigenvalue weighted by molar-refractivity contribution is 6.24. The number of hydrogen-bond acceptors (Lipinski definition) is 7. The summed E-state index contributed by atoms with van der Waals surface area (Å²) >= 11 is 0. The van der Waals surface area contributed by atoms with Crippen LogP contribution in [-0.2, 0) is 14.3 Å². The standard InChI is InChI=1S/C19H21N3O7/c1-11-5-3-6-12(2)21(11)15(23)10-29-16(24)9-20-18(25)13-7-4-8-14(22(27)28)17(13)19(20)26/h4,7-8,11-12H,3,5-6,9-10H2,1-2H3/t11-,12+. The van der Waals surface area contributed by atoms with Crippen LogP contribution in [0.15, 0.2) is 18.2 Å². The van der Waals surface area contributed by atoms with Crippen molar-refractivity contribution in [1.29, 1.82) is 0 Å². The zero-order chi connectivity index (χ0) is 21.3. The van der Waals surface area contributed by atoms with Gasteiger partial charge in [0.05, 0.1) is 10.5 Å². The summed E-state index contributed by atoms with van der Waals surface area (Å²) in [6, 6.07) is 3.79. The highest BCUT2D eigenvalue weighted by Crippen LogP contribution is 2.30. The SMILES string of the molecule is C[C@@H]1CCC[C@H](C)N1C(=O)COC(=O)CN1C(=O)c2cccc([N+](=O)[O-])c2C1=O. The van der Waals surface area contributed by atoms with Crippen LogP contribution in [0.5, 0.6) is 0 Å². The Hall–Kier alpha value is -3.30. The van der Waals surface area contributed by atoms with E-state index in [4.69, 9.17) is 4.74 Å². The fourth-order valence-electron chi connectivity index (χ4n) is 3.92. The maximum Gasteiger partial charge on any atom is 0.326 e. The maximum absolute atomic E-state index is 12.5. The molecule has 1 saturated heterocycles. The predicted molar refractivity (Wildman–Crippen MR) is 99.0 cm³/mol. The van der Waals surface area contributed by atoms with Gasteiger partial charge in [-0.05, 0) is 39.2 Å². The van der Waals surface area contributed by atoms with Crippen molar-refractivity contribution in [3.63, 3.8) is 0 Å². The summed E-state index contributed by atoms with van der Waals surface area (Å²) in [5, 5.41) is 11.1. The molecule has 10 nitrogen and oxygen atoms in total. The van der Waals surface area contributed by atoms with Crippen LogP contribution in [0, 0.1) is 10.1 Å². The molecule has 0 aliphatic carbocycles. The number of nitro groups is 1. The minimum absolute atomic E-state index is 0.0433. The zero-order valence-electron chi connectivity index (χ0n) is 16.1. The van der Waals surface area contributed by atoms with Gasteiger partial charge in [0, 0.05) is 18.2 Å². The summed E-state index contributed by atoms with van der Waals surface area (Å²) < 4.78 is 4.98. The fourth-order valence-corrected chi connectivity index (χ4v) is 3.92. The molecule has 0 aromatic heterocycles. The second kappa shape index (κ2) is 7.98. The number of amides is 3. The topological polar surface area (TPSA) is 127 Å². The first-order chi connectivity index (χ1) is 13.7. The van der Waals surface area contributed by atoms with E-state index >= 15 is 0 Å². The van der Waals surface area contributed by atoms with Gasteiger partial charge in [-0.25, -0.2) is 0 Å². The van der Waals surface area contributed by atoms with Gasteiger partial charge in [-0.2, -0.15) is 0 Å². The number of ether oxygens (including phenoxy) is 1. The molecular weight excluding hydrogens is 382 g/mol. The third kappa shape index (κ3) is 3.82. The van der Waals surface area contributed by atoms with Gasteiger partial charge in [0.2, 0.25) is 0 Å². The summed E-state index contributed by atoms with van der Waals surface area (Å²) in [6.07, 6.45) is 2.77. The minimum atomic E-state index is -0.937. The van der Waals surface area contributed by atoms with Gasteiger partial charge in [0.25, 0.3) is 23.4 Å². The monoisotopic (exact) mass is 403 g/mol. The van der Waals surface area contributed by atoms with Crippen LogP contribution in [0.4, 0.5) is 5.69 Å². The van der Waals surface area contributed by atoms with Crippen LogP contribution in [0.1, 0.15) is 53.8 Å². The first-order valence-electron chi connectivity index (χ1n) is 9.32. The molecule has 0 saturated carbocycles. The highest BCUT2D eigenvalue weighted by Gasteiger charge is 2.42. The van der Waals surface area contributed by atoms with Crippen molar-refractivity contribution in [2.24, 2.45) is 0 Å². The van der Waals surface area contributed by atoms with Crippen molar-refractivity contribution < 1.29 is 28.8 Å². The van der Waals surface area contributed by atoms with Gasteiger partial charge >= 0.3 is 5.97 Å². The molecule has 3 amide bonds. The average Bonchev–Trinajstić information content (AvgIpc) is 2.91. The van der Waals surface area contributed by atoms with E-state index in [0.29, 0.717) is 4.90 Å². The summed E-state index contributed by atoms with van der Waals surface area (Å²) in [4.78, 5) is 62.0. The van der Waals surface area contributed by atoms with E-state index in [0.717, 1.165) is 25.3 Å². The van der Waals surface area contributed by atoms with E-state index in [9.17, 15) is 29.3 Å². The van der Waals surface area contributed by atoms with Crippen LogP contribution < -0.4 is 0 Å². The van der Waals surface area contributed by atoms with Gasteiger partial charge < -0.3 is 9.64 Å². The third-order valence-electron chi connectivity index (χ3n) is 5.30. The van der Waals surface area contributed by atoms with E-state index in [-0.39, 0.29) is 29.1 Å². The minimum Gasteiger partial charge on any atom is -0.454 e. The third-order valence-corrected chi connectivity index (χ3v) is 5.30. The smallest absolute Gasteiger partial charge is 0.326 e. The number of piperidine rings is 1. The van der Waals surface area contributed by atoms with Gasteiger partial charge in [-0.15, -0.1) is 0 Å². The predicted octanol–water partition coefficient (Wildman–Crippen LogP) is 1.52. The Labute approximate surface area is 166 Å². The van der Waals surface area contributed by atoms with Crippen molar-refractivity contribution in [2.45, 2.75) is 45.2 Å². The van der Waals surface area contributed by atoms with E-state index in [1.165, 1.54) is 12.1 Å². The number of likely N-dealkylation sites (tertiary alicyclic amines) is 1. The van der Waals surface area contributed by atoms with E-state index in [2.05, 4.69) is 0 Å². The van der Waals surface area contributed by atoms with E-state index < -0.39 is 41.5 Å². The normalized spacial score (nSPS) is 21.2. The molecule has 3 rings (SSSR count). The van der Waals surface area contributed by atoms with Crippen LogP contribution in [0.3, 0.4) is 0 Å². The number of fused-ring (bicyclic) bond motifs is 1.